The minimum Gasteiger partial charge on any atom is -0.308 e. The molecule has 1 aromatic carbocycles. The molecule has 0 saturated heterocycles. The van der Waals surface area contributed by atoms with Crippen LogP contribution in [0.1, 0.15) is 37.7 Å². The Hall–Kier alpha value is -1.26. The van der Waals surface area contributed by atoms with Crippen molar-refractivity contribution < 1.29 is 0 Å². The molecule has 0 saturated carbocycles. The molecule has 21 heavy (non-hydrogen) atoms. The topological polar surface area (TPSA) is 37.8 Å². The van der Waals surface area contributed by atoms with Gasteiger partial charge in [0, 0.05) is 39.1 Å². The molecular weight excluding hydrogens is 326 g/mol. The summed E-state index contributed by atoms with van der Waals surface area (Å²) >= 11 is 3.57. The third-order valence-corrected chi connectivity index (χ3v) is 4.02. The molecule has 0 aliphatic rings. The van der Waals surface area contributed by atoms with Crippen LogP contribution in [-0.2, 0) is 6.54 Å². The monoisotopic (exact) mass is 347 g/mol. The lowest BCUT2D eigenvalue weighted by Crippen LogP contribution is -2.35. The molecule has 0 amide bonds. The molecule has 1 aromatic heterocycles. The van der Waals surface area contributed by atoms with Crippen LogP contribution in [-0.4, -0.2) is 15.5 Å². The molecule has 2 rings (SSSR count). The Morgan fingerprint density at radius 2 is 1.62 bits per heavy atom. The summed E-state index contributed by atoms with van der Waals surface area (Å²) in [6, 6.07) is 8.04. The second-order valence-corrected chi connectivity index (χ2v) is 7.13. The Kier molecular flexibility index (Phi) is 4.79. The minimum absolute atomic E-state index is 0.0833. The van der Waals surface area contributed by atoms with Crippen LogP contribution in [0.5, 0.6) is 0 Å². The van der Waals surface area contributed by atoms with Gasteiger partial charge in [-0.05, 0) is 40.7 Å². The van der Waals surface area contributed by atoms with Gasteiger partial charge in [-0.25, -0.2) is 9.97 Å². The maximum atomic E-state index is 4.68. The van der Waals surface area contributed by atoms with Crippen molar-refractivity contribution in [2.24, 2.45) is 0 Å². The van der Waals surface area contributed by atoms with E-state index in [0.717, 1.165) is 33.8 Å². The van der Waals surface area contributed by atoms with Gasteiger partial charge < -0.3 is 5.32 Å². The Labute approximate surface area is 135 Å². The van der Waals surface area contributed by atoms with Gasteiger partial charge in [0.05, 0.1) is 0 Å². The Morgan fingerprint density at radius 3 is 2.14 bits per heavy atom. The summed E-state index contributed by atoms with van der Waals surface area (Å²) in [5.74, 6) is 0.775. The van der Waals surface area contributed by atoms with Crippen LogP contribution >= 0.6 is 15.9 Å². The van der Waals surface area contributed by atoms with Crippen LogP contribution in [0.25, 0.3) is 11.4 Å². The number of hydrogen-bond donors (Lipinski definition) is 1. The van der Waals surface area contributed by atoms with E-state index in [2.05, 4.69) is 65.8 Å². The second-order valence-electron chi connectivity index (χ2n) is 6.28. The van der Waals surface area contributed by atoms with Crippen molar-refractivity contribution in [1.29, 1.82) is 0 Å². The van der Waals surface area contributed by atoms with Crippen molar-refractivity contribution in [3.63, 3.8) is 0 Å². The Morgan fingerprint density at radius 1 is 1.05 bits per heavy atom. The molecule has 0 bridgehead atoms. The van der Waals surface area contributed by atoms with Gasteiger partial charge >= 0.3 is 0 Å². The molecule has 1 heterocycles. The molecular formula is C17H22BrN3. The molecule has 112 valence electrons. The molecule has 0 aliphatic heterocycles. The third kappa shape index (κ3) is 4.11. The first kappa shape index (κ1) is 16.1. The van der Waals surface area contributed by atoms with E-state index < -0.39 is 0 Å². The quantitative estimate of drug-likeness (QED) is 0.893. The fourth-order valence-electron chi connectivity index (χ4n) is 2.11. The van der Waals surface area contributed by atoms with Gasteiger partial charge in [0.15, 0.2) is 5.82 Å². The zero-order valence-corrected chi connectivity index (χ0v) is 14.9. The summed E-state index contributed by atoms with van der Waals surface area (Å²) in [4.78, 5) is 9.37. The van der Waals surface area contributed by atoms with E-state index in [1.807, 2.05) is 24.3 Å². The first-order valence-corrected chi connectivity index (χ1v) is 7.91. The molecule has 0 aliphatic carbocycles. The first-order chi connectivity index (χ1) is 9.78. The molecule has 0 fully saturated rings. The normalized spacial score (nSPS) is 11.7. The van der Waals surface area contributed by atoms with Crippen molar-refractivity contribution in [1.82, 2.24) is 15.3 Å². The van der Waals surface area contributed by atoms with E-state index in [1.54, 1.807) is 0 Å². The molecule has 0 radical (unpaired) electrons. The Bertz CT molecular complexity index is 622. The van der Waals surface area contributed by atoms with Gasteiger partial charge in [0.2, 0.25) is 0 Å². The van der Waals surface area contributed by atoms with Crippen molar-refractivity contribution >= 4 is 15.9 Å². The maximum Gasteiger partial charge on any atom is 0.160 e. The zero-order chi connectivity index (χ0) is 15.6. The molecule has 2 aromatic rings. The predicted octanol–water partition coefficient (Wildman–Crippen LogP) is 4.41. The van der Waals surface area contributed by atoms with Gasteiger partial charge in [-0.1, -0.05) is 34.1 Å². The van der Waals surface area contributed by atoms with Gasteiger partial charge in [-0.2, -0.15) is 0 Å². The molecule has 0 atom stereocenters. The summed E-state index contributed by atoms with van der Waals surface area (Å²) < 4.78 is 1.02. The number of nitrogens with one attached hydrogen (secondary N) is 1. The van der Waals surface area contributed by atoms with Crippen LogP contribution in [0.4, 0.5) is 0 Å². The van der Waals surface area contributed by atoms with E-state index >= 15 is 0 Å². The summed E-state index contributed by atoms with van der Waals surface area (Å²) in [6.45, 7) is 11.4. The van der Waals surface area contributed by atoms with E-state index in [-0.39, 0.29) is 5.54 Å². The number of nitrogens with zero attached hydrogens (tertiary/aromatic N) is 2. The second kappa shape index (κ2) is 6.24. The minimum atomic E-state index is 0.0833. The van der Waals surface area contributed by atoms with Crippen molar-refractivity contribution in [2.75, 3.05) is 0 Å². The fourth-order valence-corrected chi connectivity index (χ4v) is 2.57. The van der Waals surface area contributed by atoms with E-state index in [0.29, 0.717) is 0 Å². The van der Waals surface area contributed by atoms with Gasteiger partial charge in [-0.15, -0.1) is 0 Å². The highest BCUT2D eigenvalue weighted by Gasteiger charge is 2.14. The summed E-state index contributed by atoms with van der Waals surface area (Å²) in [5, 5.41) is 3.50. The molecule has 3 nitrogen and oxygen atoms in total. The Balaban J connectivity index is 2.36. The van der Waals surface area contributed by atoms with Crippen molar-refractivity contribution in [3.8, 4) is 11.4 Å². The van der Waals surface area contributed by atoms with Gasteiger partial charge in [0.1, 0.15) is 0 Å². The van der Waals surface area contributed by atoms with Crippen LogP contribution in [0.3, 0.4) is 0 Å². The van der Waals surface area contributed by atoms with Crippen LogP contribution in [0, 0.1) is 13.8 Å². The standard InChI is InChI=1S/C17H22BrN3/c1-11-14(10-19-17(3,4)5)12(2)21-16(20-11)13-8-6-7-9-15(13)18/h6-9,19H,10H2,1-5H3. The van der Waals surface area contributed by atoms with Crippen LogP contribution < -0.4 is 5.32 Å². The maximum absolute atomic E-state index is 4.68. The fraction of sp³-hybridized carbons (Fsp3) is 0.412. The average molecular weight is 348 g/mol. The van der Waals surface area contributed by atoms with E-state index in [9.17, 15) is 0 Å². The highest BCUT2D eigenvalue weighted by molar-refractivity contribution is 9.10. The number of benzene rings is 1. The van der Waals surface area contributed by atoms with Gasteiger partial charge in [-0.3, -0.25) is 0 Å². The first-order valence-electron chi connectivity index (χ1n) is 7.12. The molecule has 0 spiro atoms. The molecule has 1 N–H and O–H groups in total. The number of hydrogen-bond acceptors (Lipinski definition) is 3. The van der Waals surface area contributed by atoms with Crippen molar-refractivity contribution in [2.45, 2.75) is 46.7 Å². The highest BCUT2D eigenvalue weighted by atomic mass is 79.9. The number of aromatic nitrogens is 2. The summed E-state index contributed by atoms with van der Waals surface area (Å²) in [5.41, 5.74) is 4.36. The SMILES string of the molecule is Cc1nc(-c2ccccc2Br)nc(C)c1CNC(C)(C)C. The number of rotatable bonds is 3. The smallest absolute Gasteiger partial charge is 0.160 e. The largest absolute Gasteiger partial charge is 0.308 e. The highest BCUT2D eigenvalue weighted by Crippen LogP contribution is 2.26. The van der Waals surface area contributed by atoms with E-state index in [1.165, 1.54) is 5.56 Å². The molecule has 4 heteroatoms. The number of aryl methyl sites for hydroxylation is 2. The van der Waals surface area contributed by atoms with Crippen molar-refractivity contribution in [3.05, 3.63) is 45.7 Å². The number of halogens is 1. The van der Waals surface area contributed by atoms with Crippen LogP contribution in [0.2, 0.25) is 0 Å². The molecule has 0 unspecified atom stereocenters. The third-order valence-electron chi connectivity index (χ3n) is 3.33. The van der Waals surface area contributed by atoms with Gasteiger partial charge in [0.25, 0.3) is 0 Å². The van der Waals surface area contributed by atoms with E-state index in [4.69, 9.17) is 0 Å². The lowest BCUT2D eigenvalue weighted by atomic mass is 10.1. The summed E-state index contributed by atoms with van der Waals surface area (Å²) in [7, 11) is 0. The lowest BCUT2D eigenvalue weighted by molar-refractivity contribution is 0.422. The summed E-state index contributed by atoms with van der Waals surface area (Å²) in [6.07, 6.45) is 0. The average Bonchev–Trinajstić information content (AvgIpc) is 2.36. The zero-order valence-electron chi connectivity index (χ0n) is 13.3. The predicted molar refractivity (Wildman–Crippen MR) is 91.2 cm³/mol. The van der Waals surface area contributed by atoms with Crippen LogP contribution in [0.15, 0.2) is 28.7 Å². The lowest BCUT2D eigenvalue weighted by Gasteiger charge is -2.22.